The van der Waals surface area contributed by atoms with Crippen LogP contribution in [0.1, 0.15) is 5.69 Å². The molecule has 0 saturated heterocycles. The number of benzene rings is 2. The topological polar surface area (TPSA) is 60.5 Å². The quantitative estimate of drug-likeness (QED) is 0.743. The van der Waals surface area contributed by atoms with E-state index in [1.54, 1.807) is 24.3 Å². The highest BCUT2D eigenvalue weighted by Gasteiger charge is 2.11. The molecule has 0 aliphatic rings. The van der Waals surface area contributed by atoms with Gasteiger partial charge in [0.15, 0.2) is 6.61 Å². The zero-order valence-corrected chi connectivity index (χ0v) is 14.6. The van der Waals surface area contributed by atoms with Crippen molar-refractivity contribution in [3.05, 3.63) is 59.2 Å². The van der Waals surface area contributed by atoms with E-state index in [1.807, 2.05) is 31.2 Å². The Balaban J connectivity index is 1.73. The standard InChI is InChI=1S/C19H17ClN2O3/c1-12-6-7-13-4-3-5-17(19(13)21-12)25-11-18(23)22-15-10-14(20)8-9-16(15)24-2/h3-10H,11H2,1-2H3,(H,22,23). The van der Waals surface area contributed by atoms with Gasteiger partial charge in [-0.25, -0.2) is 4.98 Å². The van der Waals surface area contributed by atoms with E-state index in [4.69, 9.17) is 21.1 Å². The summed E-state index contributed by atoms with van der Waals surface area (Å²) in [6.07, 6.45) is 0. The first-order chi connectivity index (χ1) is 12.1. The maximum atomic E-state index is 12.2. The van der Waals surface area contributed by atoms with Crippen LogP contribution < -0.4 is 14.8 Å². The van der Waals surface area contributed by atoms with Gasteiger partial charge in [0.2, 0.25) is 0 Å². The minimum Gasteiger partial charge on any atom is -0.495 e. The number of hydrogen-bond donors (Lipinski definition) is 1. The Bertz CT molecular complexity index is 928. The van der Waals surface area contributed by atoms with Crippen LogP contribution >= 0.6 is 11.6 Å². The number of ether oxygens (including phenoxy) is 2. The zero-order chi connectivity index (χ0) is 17.8. The van der Waals surface area contributed by atoms with E-state index in [0.717, 1.165) is 16.6 Å². The molecule has 2 aromatic carbocycles. The molecule has 25 heavy (non-hydrogen) atoms. The van der Waals surface area contributed by atoms with Gasteiger partial charge in [0.25, 0.3) is 5.91 Å². The zero-order valence-electron chi connectivity index (χ0n) is 13.9. The van der Waals surface area contributed by atoms with Crippen LogP contribution in [-0.4, -0.2) is 24.6 Å². The first-order valence-corrected chi connectivity index (χ1v) is 8.07. The average molecular weight is 357 g/mol. The molecule has 0 radical (unpaired) electrons. The molecule has 0 saturated carbocycles. The molecule has 0 atom stereocenters. The van der Waals surface area contributed by atoms with Crippen molar-refractivity contribution in [2.24, 2.45) is 0 Å². The van der Waals surface area contributed by atoms with Crippen LogP contribution in [-0.2, 0) is 4.79 Å². The van der Waals surface area contributed by atoms with Crippen molar-refractivity contribution in [2.75, 3.05) is 19.0 Å². The lowest BCUT2D eigenvalue weighted by molar-refractivity contribution is -0.118. The number of rotatable bonds is 5. The Morgan fingerprint density at radius 3 is 2.80 bits per heavy atom. The van der Waals surface area contributed by atoms with Crippen LogP contribution in [0, 0.1) is 6.92 Å². The summed E-state index contributed by atoms with van der Waals surface area (Å²) >= 11 is 5.96. The van der Waals surface area contributed by atoms with Crippen molar-refractivity contribution in [3.8, 4) is 11.5 Å². The first kappa shape index (κ1) is 17.0. The Labute approximate surface area is 150 Å². The van der Waals surface area contributed by atoms with Gasteiger partial charge in [0.1, 0.15) is 17.0 Å². The maximum absolute atomic E-state index is 12.2. The second-order valence-electron chi connectivity index (χ2n) is 5.46. The molecule has 5 nitrogen and oxygen atoms in total. The van der Waals surface area contributed by atoms with Crippen LogP contribution in [0.4, 0.5) is 5.69 Å². The molecule has 3 aromatic rings. The number of nitrogens with one attached hydrogen (secondary N) is 1. The third-order valence-corrected chi connectivity index (χ3v) is 3.85. The number of pyridine rings is 1. The number of amides is 1. The molecule has 0 spiro atoms. The van der Waals surface area contributed by atoms with Crippen molar-refractivity contribution in [1.29, 1.82) is 0 Å². The number of para-hydroxylation sites is 1. The van der Waals surface area contributed by atoms with E-state index in [2.05, 4.69) is 10.3 Å². The third-order valence-electron chi connectivity index (χ3n) is 3.62. The minimum atomic E-state index is -0.315. The number of fused-ring (bicyclic) bond motifs is 1. The van der Waals surface area contributed by atoms with Gasteiger partial charge in [-0.1, -0.05) is 29.8 Å². The van der Waals surface area contributed by atoms with Crippen LogP contribution in [0.2, 0.25) is 5.02 Å². The molecular weight excluding hydrogens is 340 g/mol. The highest BCUT2D eigenvalue weighted by molar-refractivity contribution is 6.31. The summed E-state index contributed by atoms with van der Waals surface area (Å²) in [5.74, 6) is 0.778. The fraction of sp³-hybridized carbons (Fsp3) is 0.158. The monoisotopic (exact) mass is 356 g/mol. The van der Waals surface area contributed by atoms with E-state index in [-0.39, 0.29) is 12.5 Å². The summed E-state index contributed by atoms with van der Waals surface area (Å²) in [4.78, 5) is 16.7. The van der Waals surface area contributed by atoms with Gasteiger partial charge in [-0.2, -0.15) is 0 Å². The predicted octanol–water partition coefficient (Wildman–Crippen LogP) is 4.22. The summed E-state index contributed by atoms with van der Waals surface area (Å²) in [6.45, 7) is 1.76. The molecular formula is C19H17ClN2O3. The van der Waals surface area contributed by atoms with Crippen molar-refractivity contribution in [2.45, 2.75) is 6.92 Å². The second kappa shape index (κ2) is 7.40. The number of aryl methyl sites for hydroxylation is 1. The normalized spacial score (nSPS) is 10.5. The van der Waals surface area contributed by atoms with Crippen molar-refractivity contribution in [1.82, 2.24) is 4.98 Å². The number of hydrogen-bond acceptors (Lipinski definition) is 4. The second-order valence-corrected chi connectivity index (χ2v) is 5.90. The van der Waals surface area contributed by atoms with E-state index in [1.165, 1.54) is 7.11 Å². The van der Waals surface area contributed by atoms with Crippen LogP contribution in [0.15, 0.2) is 48.5 Å². The average Bonchev–Trinajstić information content (AvgIpc) is 2.60. The van der Waals surface area contributed by atoms with Crippen LogP contribution in [0.5, 0.6) is 11.5 Å². The molecule has 0 unspecified atom stereocenters. The smallest absolute Gasteiger partial charge is 0.262 e. The highest BCUT2D eigenvalue weighted by Crippen LogP contribution is 2.28. The molecule has 1 heterocycles. The molecule has 128 valence electrons. The number of methoxy groups -OCH3 is 1. The summed E-state index contributed by atoms with van der Waals surface area (Å²) in [6, 6.07) is 14.5. The van der Waals surface area contributed by atoms with Crippen molar-refractivity contribution >= 4 is 34.1 Å². The van der Waals surface area contributed by atoms with Crippen LogP contribution in [0.25, 0.3) is 10.9 Å². The van der Waals surface area contributed by atoms with Gasteiger partial charge in [-0.05, 0) is 37.3 Å². The molecule has 1 aromatic heterocycles. The first-order valence-electron chi connectivity index (χ1n) is 7.69. The van der Waals surface area contributed by atoms with Gasteiger partial charge in [0, 0.05) is 16.1 Å². The van der Waals surface area contributed by atoms with Gasteiger partial charge in [0.05, 0.1) is 12.8 Å². The Kier molecular flexibility index (Phi) is 5.05. The van der Waals surface area contributed by atoms with Crippen molar-refractivity contribution in [3.63, 3.8) is 0 Å². The molecule has 1 amide bonds. The Hall–Kier alpha value is -2.79. The minimum absolute atomic E-state index is 0.148. The summed E-state index contributed by atoms with van der Waals surface area (Å²) in [7, 11) is 1.53. The number of carbonyl (C=O) groups excluding carboxylic acids is 1. The fourth-order valence-electron chi connectivity index (χ4n) is 2.44. The number of anilines is 1. The lowest BCUT2D eigenvalue weighted by atomic mass is 10.2. The van der Waals surface area contributed by atoms with Gasteiger partial charge in [-0.3, -0.25) is 4.79 Å². The van der Waals surface area contributed by atoms with E-state index in [0.29, 0.717) is 22.2 Å². The molecule has 6 heteroatoms. The van der Waals surface area contributed by atoms with Gasteiger partial charge < -0.3 is 14.8 Å². The van der Waals surface area contributed by atoms with Gasteiger partial charge >= 0.3 is 0 Å². The number of aromatic nitrogens is 1. The van der Waals surface area contributed by atoms with Gasteiger partial charge in [-0.15, -0.1) is 0 Å². The number of nitrogens with zero attached hydrogens (tertiary/aromatic N) is 1. The summed E-state index contributed by atoms with van der Waals surface area (Å²) in [5.41, 5.74) is 2.11. The Morgan fingerprint density at radius 1 is 1.16 bits per heavy atom. The number of carbonyl (C=O) groups is 1. The van der Waals surface area contributed by atoms with E-state index < -0.39 is 0 Å². The summed E-state index contributed by atoms with van der Waals surface area (Å²) in [5, 5.41) is 4.20. The highest BCUT2D eigenvalue weighted by atomic mass is 35.5. The predicted molar refractivity (Wildman–Crippen MR) is 98.6 cm³/mol. The third kappa shape index (κ3) is 4.00. The van der Waals surface area contributed by atoms with Crippen molar-refractivity contribution < 1.29 is 14.3 Å². The number of halogens is 1. The maximum Gasteiger partial charge on any atom is 0.262 e. The van der Waals surface area contributed by atoms with Crippen LogP contribution in [0.3, 0.4) is 0 Å². The fourth-order valence-corrected chi connectivity index (χ4v) is 2.61. The van der Waals surface area contributed by atoms with E-state index >= 15 is 0 Å². The molecule has 0 aliphatic heterocycles. The summed E-state index contributed by atoms with van der Waals surface area (Å²) < 4.78 is 10.9. The SMILES string of the molecule is COc1ccc(Cl)cc1NC(=O)COc1cccc2ccc(C)nc12. The molecule has 0 bridgehead atoms. The molecule has 0 aliphatic carbocycles. The van der Waals surface area contributed by atoms with E-state index in [9.17, 15) is 4.79 Å². The Morgan fingerprint density at radius 2 is 2.00 bits per heavy atom. The largest absolute Gasteiger partial charge is 0.495 e. The lowest BCUT2D eigenvalue weighted by Gasteiger charge is -2.12. The lowest BCUT2D eigenvalue weighted by Crippen LogP contribution is -2.20. The molecule has 3 rings (SSSR count). The molecule has 1 N–H and O–H groups in total. The molecule has 0 fully saturated rings.